The first-order chi connectivity index (χ1) is 15.2. The summed E-state index contributed by atoms with van der Waals surface area (Å²) in [7, 11) is 0. The van der Waals surface area contributed by atoms with Crippen molar-refractivity contribution >= 4 is 22.7 Å². The molecule has 3 aromatic rings. The second kappa shape index (κ2) is 9.01. The Hall–Kier alpha value is -3.00. The van der Waals surface area contributed by atoms with Crippen molar-refractivity contribution in [1.29, 1.82) is 0 Å². The third-order valence-corrected chi connectivity index (χ3v) is 6.23. The first kappa shape index (κ1) is 19.9. The maximum atomic E-state index is 9.72. The molecule has 1 saturated carbocycles. The van der Waals surface area contributed by atoms with E-state index in [0.717, 1.165) is 74.1 Å². The van der Waals surface area contributed by atoms with E-state index in [1.807, 2.05) is 30.5 Å². The predicted molar refractivity (Wildman–Crippen MR) is 119 cm³/mol. The molecule has 1 aliphatic carbocycles. The van der Waals surface area contributed by atoms with Gasteiger partial charge in [-0.3, -0.25) is 0 Å². The number of aromatic nitrogens is 4. The SMILES string of the molecule is OC1CCC(Nc2ncc3cccc(OC4CCN(c5ccncn5)CC4)c3n2)CC1. The van der Waals surface area contributed by atoms with Gasteiger partial charge in [0, 0.05) is 49.8 Å². The number of anilines is 2. The Balaban J connectivity index is 1.26. The van der Waals surface area contributed by atoms with E-state index in [0.29, 0.717) is 12.0 Å². The normalized spacial score (nSPS) is 22.4. The van der Waals surface area contributed by atoms with Gasteiger partial charge in [0.2, 0.25) is 5.95 Å². The zero-order chi connectivity index (χ0) is 21.0. The summed E-state index contributed by atoms with van der Waals surface area (Å²) >= 11 is 0. The van der Waals surface area contributed by atoms with Crippen LogP contribution >= 0.6 is 0 Å². The molecule has 1 aliphatic heterocycles. The molecule has 2 fully saturated rings. The van der Waals surface area contributed by atoms with Crippen LogP contribution in [0.1, 0.15) is 38.5 Å². The number of rotatable bonds is 5. The molecule has 162 valence electrons. The number of nitrogens with zero attached hydrogens (tertiary/aromatic N) is 5. The maximum absolute atomic E-state index is 9.72. The van der Waals surface area contributed by atoms with Crippen molar-refractivity contribution in [2.24, 2.45) is 0 Å². The van der Waals surface area contributed by atoms with Gasteiger partial charge in [0.15, 0.2) is 0 Å². The maximum Gasteiger partial charge on any atom is 0.223 e. The summed E-state index contributed by atoms with van der Waals surface area (Å²) in [5.74, 6) is 2.41. The number of nitrogens with one attached hydrogen (secondary N) is 1. The molecule has 1 saturated heterocycles. The van der Waals surface area contributed by atoms with Gasteiger partial charge in [-0.25, -0.2) is 19.9 Å². The highest BCUT2D eigenvalue weighted by molar-refractivity contribution is 5.84. The Labute approximate surface area is 181 Å². The average molecular weight is 421 g/mol. The lowest BCUT2D eigenvalue weighted by atomic mass is 9.93. The van der Waals surface area contributed by atoms with Crippen molar-refractivity contribution in [3.8, 4) is 5.75 Å². The van der Waals surface area contributed by atoms with E-state index in [-0.39, 0.29) is 12.2 Å². The van der Waals surface area contributed by atoms with Crippen LogP contribution in [-0.4, -0.2) is 56.4 Å². The molecule has 0 unspecified atom stereocenters. The number of hydrogen-bond acceptors (Lipinski definition) is 8. The van der Waals surface area contributed by atoms with Crippen LogP contribution in [0.15, 0.2) is 43.0 Å². The fraction of sp³-hybridized carbons (Fsp3) is 0.478. The molecule has 2 aromatic heterocycles. The Morgan fingerprint density at radius 2 is 1.84 bits per heavy atom. The van der Waals surface area contributed by atoms with E-state index >= 15 is 0 Å². The third-order valence-electron chi connectivity index (χ3n) is 6.23. The van der Waals surface area contributed by atoms with Gasteiger partial charge >= 0.3 is 0 Å². The summed E-state index contributed by atoms with van der Waals surface area (Å²) in [4.78, 5) is 19.9. The van der Waals surface area contributed by atoms with Gasteiger partial charge in [0.1, 0.15) is 29.5 Å². The topological polar surface area (TPSA) is 96.3 Å². The van der Waals surface area contributed by atoms with Gasteiger partial charge in [-0.2, -0.15) is 0 Å². The molecule has 8 nitrogen and oxygen atoms in total. The molecule has 0 radical (unpaired) electrons. The number of fused-ring (bicyclic) bond motifs is 1. The molecular weight excluding hydrogens is 392 g/mol. The van der Waals surface area contributed by atoms with Crippen molar-refractivity contribution in [2.45, 2.75) is 56.8 Å². The van der Waals surface area contributed by atoms with Crippen molar-refractivity contribution in [3.63, 3.8) is 0 Å². The van der Waals surface area contributed by atoms with Crippen LogP contribution in [0, 0.1) is 0 Å². The van der Waals surface area contributed by atoms with Crippen LogP contribution in [0.5, 0.6) is 5.75 Å². The number of ether oxygens (including phenoxy) is 1. The molecule has 0 bridgehead atoms. The number of aliphatic hydroxyl groups is 1. The summed E-state index contributed by atoms with van der Waals surface area (Å²) in [6.45, 7) is 1.81. The second-order valence-corrected chi connectivity index (χ2v) is 8.41. The molecule has 8 heteroatoms. The van der Waals surface area contributed by atoms with Crippen molar-refractivity contribution in [1.82, 2.24) is 19.9 Å². The fourth-order valence-electron chi connectivity index (χ4n) is 4.45. The number of para-hydroxylation sites is 1. The number of aliphatic hydroxyl groups excluding tert-OH is 1. The summed E-state index contributed by atoms with van der Waals surface area (Å²) in [5, 5.41) is 14.1. The van der Waals surface area contributed by atoms with Gasteiger partial charge < -0.3 is 20.1 Å². The van der Waals surface area contributed by atoms with E-state index in [1.165, 1.54) is 0 Å². The Kier molecular flexibility index (Phi) is 5.80. The van der Waals surface area contributed by atoms with E-state index in [2.05, 4.69) is 25.2 Å². The highest BCUT2D eigenvalue weighted by atomic mass is 16.5. The number of benzene rings is 1. The van der Waals surface area contributed by atoms with Crippen LogP contribution in [0.2, 0.25) is 0 Å². The monoisotopic (exact) mass is 420 g/mol. The largest absolute Gasteiger partial charge is 0.488 e. The molecule has 0 atom stereocenters. The van der Waals surface area contributed by atoms with E-state index in [9.17, 15) is 5.11 Å². The van der Waals surface area contributed by atoms with Crippen molar-refractivity contribution < 1.29 is 9.84 Å². The van der Waals surface area contributed by atoms with Crippen LogP contribution in [-0.2, 0) is 0 Å². The predicted octanol–water partition coefficient (Wildman–Crippen LogP) is 3.18. The van der Waals surface area contributed by atoms with Crippen LogP contribution in [0.3, 0.4) is 0 Å². The third kappa shape index (κ3) is 4.69. The zero-order valence-electron chi connectivity index (χ0n) is 17.5. The average Bonchev–Trinajstić information content (AvgIpc) is 2.82. The minimum absolute atomic E-state index is 0.148. The van der Waals surface area contributed by atoms with Gasteiger partial charge in [-0.05, 0) is 37.8 Å². The van der Waals surface area contributed by atoms with Crippen molar-refractivity contribution in [2.75, 3.05) is 23.3 Å². The smallest absolute Gasteiger partial charge is 0.223 e. The molecule has 3 heterocycles. The highest BCUT2D eigenvalue weighted by Gasteiger charge is 2.23. The summed E-state index contributed by atoms with van der Waals surface area (Å²) < 4.78 is 6.40. The van der Waals surface area contributed by atoms with E-state index in [4.69, 9.17) is 9.72 Å². The molecular formula is C23H28N6O2. The van der Waals surface area contributed by atoms with Gasteiger partial charge in [-0.1, -0.05) is 12.1 Å². The highest BCUT2D eigenvalue weighted by Crippen LogP contribution is 2.29. The first-order valence-corrected chi connectivity index (χ1v) is 11.1. The molecule has 0 spiro atoms. The molecule has 2 aliphatic rings. The summed E-state index contributed by atoms with van der Waals surface area (Å²) in [5.41, 5.74) is 0.842. The quantitative estimate of drug-likeness (QED) is 0.650. The van der Waals surface area contributed by atoms with Crippen molar-refractivity contribution in [3.05, 3.63) is 43.0 Å². The lowest BCUT2D eigenvalue weighted by Crippen LogP contribution is -2.38. The minimum Gasteiger partial charge on any atom is -0.488 e. The summed E-state index contributed by atoms with van der Waals surface area (Å²) in [6.07, 6.45) is 10.6. The molecule has 2 N–H and O–H groups in total. The first-order valence-electron chi connectivity index (χ1n) is 11.1. The lowest BCUT2D eigenvalue weighted by molar-refractivity contribution is 0.126. The van der Waals surface area contributed by atoms with Gasteiger partial charge in [0.05, 0.1) is 6.10 Å². The molecule has 5 rings (SSSR count). The Morgan fingerprint density at radius 3 is 2.61 bits per heavy atom. The zero-order valence-corrected chi connectivity index (χ0v) is 17.5. The standard InChI is InChI=1S/C23H28N6O2/c30-18-6-4-17(5-7-18)27-23-25-14-16-2-1-3-20(22(16)28-23)31-19-9-12-29(13-10-19)21-8-11-24-15-26-21/h1-3,8,11,14-15,17-19,30H,4-7,9-10,12-13H2,(H,25,27,28). The van der Waals surface area contributed by atoms with Crippen LogP contribution < -0.4 is 15.0 Å². The number of hydrogen-bond donors (Lipinski definition) is 2. The van der Waals surface area contributed by atoms with E-state index in [1.54, 1.807) is 12.5 Å². The molecule has 31 heavy (non-hydrogen) atoms. The summed E-state index contributed by atoms with van der Waals surface area (Å²) in [6, 6.07) is 8.25. The van der Waals surface area contributed by atoms with Crippen LogP contribution in [0.4, 0.5) is 11.8 Å². The number of piperidine rings is 1. The van der Waals surface area contributed by atoms with Crippen LogP contribution in [0.25, 0.3) is 10.9 Å². The molecule has 0 amide bonds. The Bertz CT molecular complexity index is 1000. The molecule has 1 aromatic carbocycles. The fourth-order valence-corrected chi connectivity index (χ4v) is 4.45. The lowest BCUT2D eigenvalue weighted by Gasteiger charge is -2.32. The van der Waals surface area contributed by atoms with Gasteiger partial charge in [-0.15, -0.1) is 0 Å². The van der Waals surface area contributed by atoms with E-state index < -0.39 is 0 Å². The van der Waals surface area contributed by atoms with Gasteiger partial charge in [0.25, 0.3) is 0 Å². The second-order valence-electron chi connectivity index (χ2n) is 8.41. The minimum atomic E-state index is -0.170. The Morgan fingerprint density at radius 1 is 1.00 bits per heavy atom.